The molecular formula is C10H13BrO2. The third kappa shape index (κ3) is 0.797. The first-order chi connectivity index (χ1) is 5.82. The van der Waals surface area contributed by atoms with Crippen LogP contribution >= 0.6 is 15.9 Å². The maximum atomic E-state index is 11.7. The van der Waals surface area contributed by atoms with Crippen molar-refractivity contribution in [3.8, 4) is 0 Å². The minimum Gasteiger partial charge on any atom is -0.290 e. The van der Waals surface area contributed by atoms with E-state index >= 15 is 0 Å². The highest BCUT2D eigenvalue weighted by Crippen LogP contribution is 2.63. The molecule has 2 bridgehead atoms. The van der Waals surface area contributed by atoms with Crippen LogP contribution in [0, 0.1) is 16.7 Å². The average Bonchev–Trinajstić information content (AvgIpc) is 2.22. The van der Waals surface area contributed by atoms with Gasteiger partial charge >= 0.3 is 0 Å². The van der Waals surface area contributed by atoms with Crippen molar-refractivity contribution < 1.29 is 9.59 Å². The van der Waals surface area contributed by atoms with E-state index in [-0.39, 0.29) is 27.7 Å². The highest BCUT2D eigenvalue weighted by molar-refractivity contribution is 9.09. The maximum absolute atomic E-state index is 11.7. The largest absolute Gasteiger partial charge is 0.290 e. The zero-order valence-corrected chi connectivity index (χ0v) is 9.64. The van der Waals surface area contributed by atoms with Crippen LogP contribution in [-0.4, -0.2) is 16.4 Å². The van der Waals surface area contributed by atoms with Crippen LogP contribution in [0.1, 0.15) is 27.2 Å². The summed E-state index contributed by atoms with van der Waals surface area (Å²) in [6.07, 6.45) is 0.801. The summed E-state index contributed by atoms with van der Waals surface area (Å²) in [6, 6.07) is 0. The van der Waals surface area contributed by atoms with Gasteiger partial charge in [0.05, 0.1) is 0 Å². The van der Waals surface area contributed by atoms with Gasteiger partial charge < -0.3 is 0 Å². The van der Waals surface area contributed by atoms with Gasteiger partial charge in [-0.3, -0.25) is 9.59 Å². The second kappa shape index (κ2) is 2.25. The Hall–Kier alpha value is -0.180. The van der Waals surface area contributed by atoms with Gasteiger partial charge in [0.15, 0.2) is 0 Å². The molecule has 0 aromatic rings. The summed E-state index contributed by atoms with van der Waals surface area (Å²) in [5, 5.41) is 0. The molecule has 13 heavy (non-hydrogen) atoms. The van der Waals surface area contributed by atoms with E-state index in [1.54, 1.807) is 0 Å². The molecule has 2 fully saturated rings. The summed E-state index contributed by atoms with van der Waals surface area (Å²) in [6.45, 7) is 5.98. The minimum absolute atomic E-state index is 0.106. The number of fused-ring (bicyclic) bond motifs is 2. The highest BCUT2D eigenvalue weighted by atomic mass is 79.9. The lowest BCUT2D eigenvalue weighted by Crippen LogP contribution is -2.35. The van der Waals surface area contributed by atoms with Crippen molar-refractivity contribution in [3.63, 3.8) is 0 Å². The number of hydrogen-bond acceptors (Lipinski definition) is 2. The number of hydrogen-bond donors (Lipinski definition) is 0. The Balaban J connectivity index is 2.59. The Morgan fingerprint density at radius 2 is 1.85 bits per heavy atom. The fourth-order valence-corrected chi connectivity index (χ4v) is 4.41. The van der Waals surface area contributed by atoms with Crippen LogP contribution < -0.4 is 0 Å². The molecule has 0 amide bonds. The van der Waals surface area contributed by atoms with Gasteiger partial charge in [0.1, 0.15) is 0 Å². The van der Waals surface area contributed by atoms with Crippen LogP contribution in [-0.2, 0) is 9.59 Å². The van der Waals surface area contributed by atoms with Crippen molar-refractivity contribution >= 4 is 27.5 Å². The molecule has 0 radical (unpaired) electrons. The van der Waals surface area contributed by atoms with Crippen LogP contribution in [0.3, 0.4) is 0 Å². The maximum Gasteiger partial charge on any atom is 0.205 e. The van der Waals surface area contributed by atoms with Crippen LogP contribution in [0.2, 0.25) is 0 Å². The fourth-order valence-electron chi connectivity index (χ4n) is 2.86. The van der Waals surface area contributed by atoms with Gasteiger partial charge in [-0.15, -0.1) is 0 Å². The molecule has 0 N–H and O–H groups in total. The topological polar surface area (TPSA) is 34.1 Å². The van der Waals surface area contributed by atoms with Gasteiger partial charge in [-0.05, 0) is 11.8 Å². The highest BCUT2D eigenvalue weighted by Gasteiger charge is 2.69. The predicted octanol–water partition coefficient (Wildman–Crippen LogP) is 1.95. The molecule has 2 saturated carbocycles. The van der Waals surface area contributed by atoms with Crippen molar-refractivity contribution in [1.82, 2.24) is 0 Å². The van der Waals surface area contributed by atoms with E-state index < -0.39 is 5.41 Å². The van der Waals surface area contributed by atoms with E-state index in [0.717, 1.165) is 6.42 Å². The van der Waals surface area contributed by atoms with Crippen molar-refractivity contribution in [3.05, 3.63) is 0 Å². The number of carbonyl (C=O) groups excluding carboxylic acids is 2. The Bertz CT molecular complexity index is 308. The predicted molar refractivity (Wildman–Crippen MR) is 52.7 cm³/mol. The van der Waals surface area contributed by atoms with E-state index in [2.05, 4.69) is 15.9 Å². The Labute approximate surface area is 86.2 Å². The molecule has 0 spiro atoms. The Morgan fingerprint density at radius 1 is 1.31 bits per heavy atom. The normalized spacial score (nSPS) is 47.4. The lowest BCUT2D eigenvalue weighted by Gasteiger charge is -2.30. The molecule has 0 aromatic carbocycles. The quantitative estimate of drug-likeness (QED) is 0.483. The zero-order valence-electron chi connectivity index (χ0n) is 8.06. The summed E-state index contributed by atoms with van der Waals surface area (Å²) >= 11 is 3.50. The molecule has 0 unspecified atom stereocenters. The number of rotatable bonds is 0. The van der Waals surface area contributed by atoms with E-state index in [1.807, 2.05) is 20.8 Å². The molecule has 0 heterocycles. The average molecular weight is 245 g/mol. The molecular weight excluding hydrogens is 232 g/mol. The lowest BCUT2D eigenvalue weighted by atomic mass is 9.70. The fraction of sp³-hybridized carbons (Fsp3) is 0.800. The molecule has 72 valence electrons. The summed E-state index contributed by atoms with van der Waals surface area (Å²) in [5.74, 6) is -0.427. The van der Waals surface area contributed by atoms with E-state index in [4.69, 9.17) is 0 Å². The molecule has 2 nitrogen and oxygen atoms in total. The lowest BCUT2D eigenvalue weighted by molar-refractivity contribution is -0.141. The summed E-state index contributed by atoms with van der Waals surface area (Å²) in [7, 11) is 0. The SMILES string of the molecule is CC1(C)[C@@H]2C(=O)C(=O)[C@@]1(C)C[C@H]2Br. The van der Waals surface area contributed by atoms with E-state index in [0.29, 0.717) is 0 Å². The van der Waals surface area contributed by atoms with Gasteiger partial charge in [-0.25, -0.2) is 0 Å². The number of carbonyl (C=O) groups is 2. The van der Waals surface area contributed by atoms with Gasteiger partial charge in [-0.1, -0.05) is 36.7 Å². The van der Waals surface area contributed by atoms with Crippen molar-refractivity contribution in [2.75, 3.05) is 0 Å². The monoisotopic (exact) mass is 244 g/mol. The van der Waals surface area contributed by atoms with Gasteiger partial charge in [0.2, 0.25) is 11.6 Å². The molecule has 0 saturated heterocycles. The number of ketones is 2. The van der Waals surface area contributed by atoms with Gasteiger partial charge in [0, 0.05) is 16.2 Å². The first-order valence-corrected chi connectivity index (χ1v) is 5.46. The summed E-state index contributed by atoms with van der Waals surface area (Å²) < 4.78 is 0. The van der Waals surface area contributed by atoms with Crippen LogP contribution in [0.25, 0.3) is 0 Å². The van der Waals surface area contributed by atoms with E-state index in [1.165, 1.54) is 0 Å². The number of Topliss-reactive ketones (excluding diaryl/α,β-unsaturated/α-hetero) is 2. The van der Waals surface area contributed by atoms with Crippen molar-refractivity contribution in [1.29, 1.82) is 0 Å². The first kappa shape index (κ1) is 9.38. The summed E-state index contributed by atoms with van der Waals surface area (Å²) in [5.41, 5.74) is -0.599. The zero-order chi connectivity index (χ0) is 10.0. The minimum atomic E-state index is -0.428. The second-order valence-corrected chi connectivity index (χ2v) is 6.12. The van der Waals surface area contributed by atoms with Crippen LogP contribution in [0.15, 0.2) is 0 Å². The smallest absolute Gasteiger partial charge is 0.205 e. The first-order valence-electron chi connectivity index (χ1n) is 4.55. The molecule has 2 aliphatic carbocycles. The Kier molecular flexibility index (Phi) is 1.62. The molecule has 3 atom stereocenters. The summed E-state index contributed by atoms with van der Waals surface area (Å²) in [4.78, 5) is 23.5. The third-order valence-corrected chi connectivity index (χ3v) is 5.02. The second-order valence-electron chi connectivity index (χ2n) is 4.94. The standard InChI is InChI=1S/C10H13BrO2/c1-9(2)6-5(11)4-10(9,3)8(13)7(6)12/h5-6H,4H2,1-3H3/t5-,6+,10-/m1/s1. The van der Waals surface area contributed by atoms with Crippen molar-refractivity contribution in [2.45, 2.75) is 32.0 Å². The molecule has 0 aromatic heterocycles. The molecule has 3 heteroatoms. The molecule has 2 rings (SSSR count). The van der Waals surface area contributed by atoms with Crippen LogP contribution in [0.4, 0.5) is 0 Å². The van der Waals surface area contributed by atoms with Gasteiger partial charge in [0.25, 0.3) is 0 Å². The Morgan fingerprint density at radius 3 is 2.15 bits per heavy atom. The van der Waals surface area contributed by atoms with Gasteiger partial charge in [-0.2, -0.15) is 0 Å². The number of alkyl halides is 1. The number of halogens is 1. The third-order valence-electron chi connectivity index (χ3n) is 4.17. The van der Waals surface area contributed by atoms with E-state index in [9.17, 15) is 9.59 Å². The molecule has 2 aliphatic rings. The van der Waals surface area contributed by atoms with Crippen LogP contribution in [0.5, 0.6) is 0 Å². The van der Waals surface area contributed by atoms with Crippen molar-refractivity contribution in [2.24, 2.45) is 16.7 Å². The molecule has 0 aliphatic heterocycles.